The van der Waals surface area contributed by atoms with E-state index in [1.165, 1.54) is 17.0 Å². The highest BCUT2D eigenvalue weighted by atomic mass is 32.1. The summed E-state index contributed by atoms with van der Waals surface area (Å²) in [5.41, 5.74) is 4.09. The second-order valence-electron chi connectivity index (χ2n) is 6.49. The molecule has 0 bridgehead atoms. The molecule has 0 aliphatic heterocycles. The monoisotopic (exact) mass is 410 g/mol. The quantitative estimate of drug-likeness (QED) is 0.606. The number of allylic oxidation sites excluding steroid dienone is 1. The SMILES string of the molecule is CCN(CC)c1ccc(/C=C/C=c2/sc(=C(C#N)C#N)nc2-c2ccccc2)cc1. The highest BCUT2D eigenvalue weighted by molar-refractivity contribution is 7.08. The predicted molar refractivity (Wildman–Crippen MR) is 125 cm³/mol. The third-order valence-corrected chi connectivity index (χ3v) is 5.73. The Bertz CT molecular complexity index is 1200. The van der Waals surface area contributed by atoms with Crippen molar-refractivity contribution in [3.05, 3.63) is 75.4 Å². The van der Waals surface area contributed by atoms with Crippen LogP contribution in [0.3, 0.4) is 0 Å². The van der Waals surface area contributed by atoms with Gasteiger partial charge in [0.2, 0.25) is 0 Å². The van der Waals surface area contributed by atoms with Gasteiger partial charge in [0.05, 0.1) is 10.2 Å². The van der Waals surface area contributed by atoms with Gasteiger partial charge >= 0.3 is 0 Å². The van der Waals surface area contributed by atoms with Gasteiger partial charge in [-0.25, -0.2) is 4.98 Å². The minimum absolute atomic E-state index is 0.0350. The molecular weight excluding hydrogens is 388 g/mol. The van der Waals surface area contributed by atoms with E-state index in [4.69, 9.17) is 0 Å². The van der Waals surface area contributed by atoms with Crippen molar-refractivity contribution in [1.82, 2.24) is 4.98 Å². The molecule has 3 rings (SSSR count). The third-order valence-electron chi connectivity index (χ3n) is 4.70. The van der Waals surface area contributed by atoms with E-state index in [1.807, 2.05) is 60.7 Å². The number of nitriles is 2. The fourth-order valence-electron chi connectivity index (χ4n) is 3.11. The van der Waals surface area contributed by atoms with E-state index >= 15 is 0 Å². The third kappa shape index (κ3) is 4.84. The van der Waals surface area contributed by atoms with Crippen molar-refractivity contribution in [3.8, 4) is 23.4 Å². The molecule has 0 atom stereocenters. The van der Waals surface area contributed by atoms with Crippen LogP contribution in [0, 0.1) is 22.7 Å². The maximum absolute atomic E-state index is 9.20. The van der Waals surface area contributed by atoms with Crippen molar-refractivity contribution >= 4 is 34.7 Å². The first-order valence-electron chi connectivity index (χ1n) is 9.80. The molecule has 0 aliphatic carbocycles. The van der Waals surface area contributed by atoms with Gasteiger partial charge in [-0.3, -0.25) is 0 Å². The van der Waals surface area contributed by atoms with Crippen molar-refractivity contribution in [2.75, 3.05) is 18.0 Å². The second-order valence-corrected chi connectivity index (χ2v) is 7.52. The predicted octanol–water partition coefficient (Wildman–Crippen LogP) is 4.35. The van der Waals surface area contributed by atoms with Crippen LogP contribution >= 0.6 is 11.3 Å². The standard InChI is InChI=1S/C25H22N4S/c1-3-29(4-2)22-15-13-19(14-16-22)9-8-12-23-24(20-10-6-5-7-11-20)28-25(30-23)21(17-26)18-27/h5-16H,3-4H2,1-2H3/b9-8+,23-12+. The number of hydrogen-bond acceptors (Lipinski definition) is 5. The first-order valence-corrected chi connectivity index (χ1v) is 10.6. The lowest BCUT2D eigenvalue weighted by molar-refractivity contribution is 0.866. The Kier molecular flexibility index (Phi) is 7.16. The summed E-state index contributed by atoms with van der Waals surface area (Å²) in [6, 6.07) is 22.1. The van der Waals surface area contributed by atoms with E-state index in [2.05, 4.69) is 48.0 Å². The van der Waals surface area contributed by atoms with Crippen LogP contribution in [0.4, 0.5) is 5.69 Å². The van der Waals surface area contributed by atoms with Gasteiger partial charge in [-0.2, -0.15) is 10.5 Å². The van der Waals surface area contributed by atoms with Crippen LogP contribution in [-0.4, -0.2) is 18.1 Å². The van der Waals surface area contributed by atoms with Crippen molar-refractivity contribution in [2.24, 2.45) is 0 Å². The van der Waals surface area contributed by atoms with Gasteiger partial charge in [-0.1, -0.05) is 54.6 Å². The van der Waals surface area contributed by atoms with E-state index in [0.717, 1.165) is 34.4 Å². The second kappa shape index (κ2) is 10.2. The number of nitrogens with zero attached hydrogens (tertiary/aromatic N) is 4. The first kappa shape index (κ1) is 21.0. The van der Waals surface area contributed by atoms with Crippen LogP contribution in [0.5, 0.6) is 0 Å². The average Bonchev–Trinajstić information content (AvgIpc) is 3.21. The number of rotatable bonds is 6. The largest absolute Gasteiger partial charge is 0.372 e. The number of hydrogen-bond donors (Lipinski definition) is 0. The minimum Gasteiger partial charge on any atom is -0.372 e. The van der Waals surface area contributed by atoms with Crippen LogP contribution in [0.2, 0.25) is 0 Å². The summed E-state index contributed by atoms with van der Waals surface area (Å²) in [6.07, 6.45) is 6.00. The normalized spacial score (nSPS) is 11.3. The fraction of sp³-hybridized carbons (Fsp3) is 0.160. The molecule has 0 aliphatic rings. The van der Waals surface area contributed by atoms with E-state index in [-0.39, 0.29) is 5.57 Å². The zero-order valence-corrected chi connectivity index (χ0v) is 17.9. The number of aromatic nitrogens is 1. The summed E-state index contributed by atoms with van der Waals surface area (Å²) in [5.74, 6) is 0. The Hall–Kier alpha value is -3.67. The molecule has 148 valence electrons. The van der Waals surface area contributed by atoms with Crippen molar-refractivity contribution in [1.29, 1.82) is 10.5 Å². The number of thiazole rings is 1. The first-order chi connectivity index (χ1) is 14.7. The van der Waals surface area contributed by atoms with E-state index in [0.29, 0.717) is 4.66 Å². The Labute approximate surface area is 181 Å². The van der Waals surface area contributed by atoms with Crippen molar-refractivity contribution in [3.63, 3.8) is 0 Å². The number of benzene rings is 2. The lowest BCUT2D eigenvalue weighted by Crippen LogP contribution is -2.21. The van der Waals surface area contributed by atoms with E-state index < -0.39 is 0 Å². The van der Waals surface area contributed by atoms with Gasteiger partial charge in [-0.05, 0) is 37.6 Å². The fourth-order valence-corrected chi connectivity index (χ4v) is 4.05. The average molecular weight is 411 g/mol. The molecule has 0 radical (unpaired) electrons. The molecule has 0 saturated heterocycles. The smallest absolute Gasteiger partial charge is 0.165 e. The lowest BCUT2D eigenvalue weighted by atomic mass is 10.1. The van der Waals surface area contributed by atoms with Gasteiger partial charge in [0.25, 0.3) is 0 Å². The molecule has 0 saturated carbocycles. The Morgan fingerprint density at radius 2 is 1.67 bits per heavy atom. The van der Waals surface area contributed by atoms with Crippen LogP contribution in [0.25, 0.3) is 29.0 Å². The minimum atomic E-state index is 0.0350. The molecule has 0 spiro atoms. The summed E-state index contributed by atoms with van der Waals surface area (Å²) >= 11 is 1.35. The van der Waals surface area contributed by atoms with E-state index in [9.17, 15) is 10.5 Å². The molecule has 0 amide bonds. The summed E-state index contributed by atoms with van der Waals surface area (Å²) in [6.45, 7) is 6.28. The summed E-state index contributed by atoms with van der Waals surface area (Å²) in [7, 11) is 0. The van der Waals surface area contributed by atoms with Crippen LogP contribution in [-0.2, 0) is 0 Å². The number of anilines is 1. The van der Waals surface area contributed by atoms with Gasteiger partial charge in [0.15, 0.2) is 5.57 Å². The topological polar surface area (TPSA) is 63.7 Å². The lowest BCUT2D eigenvalue weighted by Gasteiger charge is -2.20. The van der Waals surface area contributed by atoms with Crippen LogP contribution in [0.15, 0.2) is 60.7 Å². The molecule has 3 aromatic rings. The molecule has 5 heteroatoms. The van der Waals surface area contributed by atoms with Gasteiger partial charge < -0.3 is 4.90 Å². The summed E-state index contributed by atoms with van der Waals surface area (Å²) in [4.78, 5) is 6.87. The zero-order valence-electron chi connectivity index (χ0n) is 17.0. The van der Waals surface area contributed by atoms with Gasteiger partial charge in [0, 0.05) is 24.3 Å². The molecule has 1 aromatic heterocycles. The molecule has 30 heavy (non-hydrogen) atoms. The summed E-state index contributed by atoms with van der Waals surface area (Å²) in [5, 5.41) is 18.4. The Balaban J connectivity index is 1.98. The van der Waals surface area contributed by atoms with Gasteiger partial charge in [-0.15, -0.1) is 11.3 Å². The molecule has 2 aromatic carbocycles. The van der Waals surface area contributed by atoms with Crippen molar-refractivity contribution < 1.29 is 0 Å². The van der Waals surface area contributed by atoms with E-state index in [1.54, 1.807) is 0 Å². The maximum atomic E-state index is 9.20. The van der Waals surface area contributed by atoms with Crippen LogP contribution < -0.4 is 14.1 Å². The van der Waals surface area contributed by atoms with Crippen molar-refractivity contribution in [2.45, 2.75) is 13.8 Å². The molecular formula is C25H22N4S. The highest BCUT2D eigenvalue weighted by Crippen LogP contribution is 2.16. The Morgan fingerprint density at radius 3 is 2.27 bits per heavy atom. The Morgan fingerprint density at radius 1 is 1.00 bits per heavy atom. The maximum Gasteiger partial charge on any atom is 0.165 e. The zero-order chi connectivity index (χ0) is 21.3. The summed E-state index contributed by atoms with van der Waals surface area (Å²) < 4.78 is 1.36. The molecule has 0 fully saturated rings. The molecule has 0 unspecified atom stereocenters. The highest BCUT2D eigenvalue weighted by Gasteiger charge is 2.07. The molecule has 1 heterocycles. The van der Waals surface area contributed by atoms with Gasteiger partial charge in [0.1, 0.15) is 16.8 Å². The molecule has 4 nitrogen and oxygen atoms in total. The van der Waals surface area contributed by atoms with Crippen LogP contribution in [0.1, 0.15) is 19.4 Å². The molecule has 0 N–H and O–H groups in total.